The summed E-state index contributed by atoms with van der Waals surface area (Å²) in [5, 5.41) is 9.41. The van der Waals surface area contributed by atoms with Crippen LogP contribution in [0.2, 0.25) is 0 Å². The molecule has 4 heteroatoms. The minimum absolute atomic E-state index is 0.645. The number of aryl methyl sites for hydroxylation is 2. The van der Waals surface area contributed by atoms with Crippen molar-refractivity contribution in [1.29, 1.82) is 5.26 Å². The molecule has 0 aliphatic carbocycles. The van der Waals surface area contributed by atoms with Gasteiger partial charge < -0.3 is 10.6 Å². The minimum atomic E-state index is 0.645. The zero-order valence-electron chi connectivity index (χ0n) is 12.7. The number of rotatable bonds is 4. The second-order valence-electron chi connectivity index (χ2n) is 5.11. The molecular formula is C17H20N4. The van der Waals surface area contributed by atoms with Crippen LogP contribution >= 0.6 is 0 Å². The van der Waals surface area contributed by atoms with Gasteiger partial charge in [0, 0.05) is 24.5 Å². The highest BCUT2D eigenvalue weighted by atomic mass is 15.1. The van der Waals surface area contributed by atoms with Gasteiger partial charge >= 0.3 is 0 Å². The van der Waals surface area contributed by atoms with Crippen molar-refractivity contribution in [3.8, 4) is 6.07 Å². The van der Waals surface area contributed by atoms with E-state index in [1.165, 1.54) is 0 Å². The van der Waals surface area contributed by atoms with Crippen LogP contribution in [0.25, 0.3) is 0 Å². The van der Waals surface area contributed by atoms with Crippen LogP contribution < -0.4 is 10.6 Å². The van der Waals surface area contributed by atoms with Crippen molar-refractivity contribution < 1.29 is 0 Å². The summed E-state index contributed by atoms with van der Waals surface area (Å²) in [5.41, 5.74) is 11.0. The third-order valence-corrected chi connectivity index (χ3v) is 3.47. The van der Waals surface area contributed by atoms with Crippen LogP contribution in [-0.2, 0) is 6.54 Å². The molecule has 108 valence electrons. The first-order chi connectivity index (χ1) is 10.0. The molecule has 0 radical (unpaired) electrons. The lowest BCUT2D eigenvalue weighted by molar-refractivity contribution is 0.825. The van der Waals surface area contributed by atoms with Crippen molar-refractivity contribution in [1.82, 2.24) is 4.98 Å². The quantitative estimate of drug-likeness (QED) is 0.873. The van der Waals surface area contributed by atoms with E-state index >= 15 is 0 Å². The number of pyridine rings is 1. The van der Waals surface area contributed by atoms with E-state index in [-0.39, 0.29) is 0 Å². The molecule has 2 aromatic rings. The Morgan fingerprint density at radius 3 is 2.67 bits per heavy atom. The number of nitrogens with zero attached hydrogens (tertiary/aromatic N) is 3. The largest absolute Gasteiger partial charge is 0.399 e. The number of hydrogen-bond acceptors (Lipinski definition) is 4. The summed E-state index contributed by atoms with van der Waals surface area (Å²) >= 11 is 0. The van der Waals surface area contributed by atoms with Crippen LogP contribution in [0.1, 0.15) is 29.4 Å². The lowest BCUT2D eigenvalue weighted by Gasteiger charge is -2.25. The molecule has 1 aromatic carbocycles. The summed E-state index contributed by atoms with van der Waals surface area (Å²) in [6.45, 7) is 7.44. The second kappa shape index (κ2) is 6.27. The van der Waals surface area contributed by atoms with Crippen LogP contribution in [0, 0.1) is 25.2 Å². The molecule has 0 atom stereocenters. The van der Waals surface area contributed by atoms with E-state index in [1.807, 2.05) is 44.2 Å². The lowest BCUT2D eigenvalue weighted by Crippen LogP contribution is -2.23. The summed E-state index contributed by atoms with van der Waals surface area (Å²) in [7, 11) is 0. The Morgan fingerprint density at radius 1 is 1.29 bits per heavy atom. The van der Waals surface area contributed by atoms with Crippen LogP contribution in [-0.4, -0.2) is 11.5 Å². The van der Waals surface area contributed by atoms with Gasteiger partial charge in [-0.3, -0.25) is 4.98 Å². The lowest BCUT2D eigenvalue weighted by atomic mass is 10.1. The number of anilines is 2. The second-order valence-corrected chi connectivity index (χ2v) is 5.11. The Kier molecular flexibility index (Phi) is 4.44. The molecule has 2 N–H and O–H groups in total. The molecule has 1 heterocycles. The highest BCUT2D eigenvalue weighted by Crippen LogP contribution is 2.25. The molecule has 1 aromatic heterocycles. The molecule has 0 fully saturated rings. The third kappa shape index (κ3) is 3.32. The third-order valence-electron chi connectivity index (χ3n) is 3.47. The van der Waals surface area contributed by atoms with Gasteiger partial charge in [-0.15, -0.1) is 0 Å². The van der Waals surface area contributed by atoms with Gasteiger partial charge in [-0.25, -0.2) is 0 Å². The average Bonchev–Trinajstić information content (AvgIpc) is 2.44. The van der Waals surface area contributed by atoms with Gasteiger partial charge in [-0.1, -0.05) is 12.1 Å². The maximum Gasteiger partial charge on any atom is 0.103 e. The molecule has 0 bridgehead atoms. The van der Waals surface area contributed by atoms with Crippen LogP contribution in [0.3, 0.4) is 0 Å². The van der Waals surface area contributed by atoms with Gasteiger partial charge in [-0.2, -0.15) is 5.26 Å². The molecule has 0 amide bonds. The average molecular weight is 280 g/mol. The Bertz CT molecular complexity index is 686. The molecule has 4 nitrogen and oxygen atoms in total. The van der Waals surface area contributed by atoms with E-state index in [0.717, 1.165) is 41.4 Å². The first kappa shape index (κ1) is 14.9. The zero-order chi connectivity index (χ0) is 15.4. The van der Waals surface area contributed by atoms with E-state index in [9.17, 15) is 5.26 Å². The number of nitriles is 1. The number of hydrogen-bond donors (Lipinski definition) is 1. The van der Waals surface area contributed by atoms with E-state index in [4.69, 9.17) is 5.73 Å². The fourth-order valence-electron chi connectivity index (χ4n) is 2.47. The molecule has 21 heavy (non-hydrogen) atoms. The topological polar surface area (TPSA) is 65.9 Å². The van der Waals surface area contributed by atoms with E-state index in [0.29, 0.717) is 5.56 Å². The van der Waals surface area contributed by atoms with Crippen molar-refractivity contribution in [3.63, 3.8) is 0 Å². The molecule has 0 unspecified atom stereocenters. The maximum atomic E-state index is 9.41. The van der Waals surface area contributed by atoms with Gasteiger partial charge in [0.15, 0.2) is 0 Å². The van der Waals surface area contributed by atoms with Gasteiger partial charge in [0.1, 0.15) is 6.07 Å². The summed E-state index contributed by atoms with van der Waals surface area (Å²) in [6.07, 6.45) is 0. The van der Waals surface area contributed by atoms with Crippen LogP contribution in [0.5, 0.6) is 0 Å². The van der Waals surface area contributed by atoms with Crippen molar-refractivity contribution in [3.05, 3.63) is 52.8 Å². The Morgan fingerprint density at radius 2 is 2.05 bits per heavy atom. The molecule has 0 aliphatic heterocycles. The Labute approximate surface area is 125 Å². The molecule has 0 aliphatic rings. The SMILES string of the molecule is CCN(Cc1cccc(N)c1)c1cc(C)nc(C)c1C#N. The highest BCUT2D eigenvalue weighted by Gasteiger charge is 2.14. The predicted molar refractivity (Wildman–Crippen MR) is 86.0 cm³/mol. The Hall–Kier alpha value is -2.54. The minimum Gasteiger partial charge on any atom is -0.399 e. The fourth-order valence-corrected chi connectivity index (χ4v) is 2.47. The van der Waals surface area contributed by atoms with Crippen molar-refractivity contribution in [2.75, 3.05) is 17.2 Å². The van der Waals surface area contributed by atoms with E-state index in [1.54, 1.807) is 0 Å². The smallest absolute Gasteiger partial charge is 0.103 e. The van der Waals surface area contributed by atoms with Crippen molar-refractivity contribution in [2.24, 2.45) is 0 Å². The monoisotopic (exact) mass is 280 g/mol. The molecule has 2 rings (SSSR count). The number of nitrogen functional groups attached to an aromatic ring is 1. The van der Waals surface area contributed by atoms with E-state index in [2.05, 4.69) is 22.9 Å². The van der Waals surface area contributed by atoms with Crippen LogP contribution in [0.15, 0.2) is 30.3 Å². The predicted octanol–water partition coefficient (Wildman–Crippen LogP) is 3.18. The molecule has 0 spiro atoms. The maximum absolute atomic E-state index is 9.41. The number of aromatic nitrogens is 1. The summed E-state index contributed by atoms with van der Waals surface area (Å²) < 4.78 is 0. The fraction of sp³-hybridized carbons (Fsp3) is 0.294. The number of benzene rings is 1. The molecule has 0 saturated heterocycles. The first-order valence-corrected chi connectivity index (χ1v) is 7.02. The molecule has 0 saturated carbocycles. The van der Waals surface area contributed by atoms with E-state index < -0.39 is 0 Å². The first-order valence-electron chi connectivity index (χ1n) is 7.02. The standard InChI is InChI=1S/C17H20N4/c1-4-21(11-14-6-5-7-15(19)9-14)17-8-12(2)20-13(3)16(17)10-18/h5-9H,4,11,19H2,1-3H3. The summed E-state index contributed by atoms with van der Waals surface area (Å²) in [4.78, 5) is 6.55. The van der Waals surface area contributed by atoms with Gasteiger partial charge in [0.2, 0.25) is 0 Å². The van der Waals surface area contributed by atoms with Gasteiger partial charge in [0.25, 0.3) is 0 Å². The van der Waals surface area contributed by atoms with Gasteiger partial charge in [-0.05, 0) is 44.5 Å². The Balaban J connectivity index is 2.40. The normalized spacial score (nSPS) is 10.2. The zero-order valence-corrected chi connectivity index (χ0v) is 12.7. The highest BCUT2D eigenvalue weighted by molar-refractivity contribution is 5.62. The van der Waals surface area contributed by atoms with Crippen LogP contribution in [0.4, 0.5) is 11.4 Å². The summed E-state index contributed by atoms with van der Waals surface area (Å²) in [5.74, 6) is 0. The molecular weight excluding hydrogens is 260 g/mol. The van der Waals surface area contributed by atoms with Gasteiger partial charge in [0.05, 0.1) is 16.9 Å². The number of nitrogens with two attached hydrogens (primary N) is 1. The summed E-state index contributed by atoms with van der Waals surface area (Å²) in [6, 6.07) is 12.1. The van der Waals surface area contributed by atoms with Crippen molar-refractivity contribution in [2.45, 2.75) is 27.3 Å². The van der Waals surface area contributed by atoms with Crippen molar-refractivity contribution >= 4 is 11.4 Å².